The molecule has 0 fully saturated rings. The molecule has 0 amide bonds. The summed E-state index contributed by atoms with van der Waals surface area (Å²) >= 11 is 0. The molecule has 7 N–H and O–H groups in total. The van der Waals surface area contributed by atoms with Crippen LogP contribution in [0.4, 0.5) is 0 Å². The monoisotopic (exact) mass is 816 g/mol. The number of phenolic OH excluding ortho intramolecular Hbond substituents is 2. The number of ether oxygens (including phenoxy) is 3. The molecule has 3 atom stereocenters. The third-order valence-corrected chi connectivity index (χ3v) is 11.7. The number of aromatic nitrogens is 1. The molecule has 6 aromatic rings. The average Bonchev–Trinajstić information content (AvgIpc) is 3.77. The van der Waals surface area contributed by atoms with Crippen molar-refractivity contribution in [2.75, 3.05) is 34.7 Å². The van der Waals surface area contributed by atoms with Crippen LogP contribution in [0.1, 0.15) is 57.9 Å². The number of ketones is 1. The van der Waals surface area contributed by atoms with Crippen molar-refractivity contribution >= 4 is 16.6 Å². The van der Waals surface area contributed by atoms with Crippen molar-refractivity contribution < 1.29 is 44.5 Å². The Balaban J connectivity index is 1.41. The number of benzene rings is 5. The van der Waals surface area contributed by atoms with Gasteiger partial charge >= 0.3 is 0 Å². The van der Waals surface area contributed by atoms with Crippen molar-refractivity contribution in [1.29, 1.82) is 0 Å². The van der Waals surface area contributed by atoms with Crippen LogP contribution in [0.3, 0.4) is 0 Å². The second-order valence-electron chi connectivity index (χ2n) is 15.4. The van der Waals surface area contributed by atoms with E-state index in [1.807, 2.05) is 36.7 Å². The predicted octanol–water partition coefficient (Wildman–Crippen LogP) is 6.69. The molecule has 1 aromatic heterocycles. The third-order valence-electron chi connectivity index (χ3n) is 11.7. The standard InChI is InChI=1S/C49H56N2O9/c1-5-34-11-12-35-8-6-7-9-40(35)41(34)24-42-36(13-14-43(55)48(42)59-4)22-37(18-32-16-17-51-28-32)44(56)25-47(57)49(29-52,38-19-33(27-50-2)20-39(54)23-38)26-31-10-15-45(60-30-53)46(21-31)58-3/h6-17,19-21,23,28,37,44,50-56H,5,18,22,24-27,29-30H2,1-4H3/t37-,44+,49-/m0/s1. The number of H-pyrrole nitrogens is 1. The highest BCUT2D eigenvalue weighted by atomic mass is 16.6. The number of aliphatic hydroxyl groups excluding tert-OH is 3. The van der Waals surface area contributed by atoms with Gasteiger partial charge in [0, 0.05) is 37.3 Å². The number of aliphatic hydroxyl groups is 3. The van der Waals surface area contributed by atoms with Gasteiger partial charge in [-0.15, -0.1) is 0 Å². The number of nitrogens with one attached hydrogen (secondary N) is 2. The highest BCUT2D eigenvalue weighted by molar-refractivity contribution is 5.91. The summed E-state index contributed by atoms with van der Waals surface area (Å²) in [4.78, 5) is 18.2. The summed E-state index contributed by atoms with van der Waals surface area (Å²) in [6.45, 7) is 1.34. The Bertz CT molecular complexity index is 2380. The summed E-state index contributed by atoms with van der Waals surface area (Å²) < 4.78 is 16.7. The minimum absolute atomic E-state index is 0.000153. The number of aryl methyl sites for hydroxylation is 1. The zero-order valence-corrected chi connectivity index (χ0v) is 34.7. The Kier molecular flexibility index (Phi) is 14.5. The molecule has 11 heteroatoms. The summed E-state index contributed by atoms with van der Waals surface area (Å²) in [6, 6.07) is 27.8. The van der Waals surface area contributed by atoms with E-state index >= 15 is 4.79 Å². The summed E-state index contributed by atoms with van der Waals surface area (Å²) in [5.74, 6) is 0.0263. The van der Waals surface area contributed by atoms with E-state index in [-0.39, 0.29) is 24.3 Å². The zero-order chi connectivity index (χ0) is 42.8. The molecule has 0 unspecified atom stereocenters. The number of rotatable bonds is 21. The van der Waals surface area contributed by atoms with Gasteiger partial charge in [-0.25, -0.2) is 0 Å². The molecular formula is C49H56N2O9. The number of fused-ring (bicyclic) bond motifs is 1. The van der Waals surface area contributed by atoms with Gasteiger partial charge in [0.25, 0.3) is 0 Å². The normalized spacial score (nSPS) is 13.4. The van der Waals surface area contributed by atoms with Crippen LogP contribution in [0.5, 0.6) is 28.7 Å². The number of methoxy groups -OCH3 is 2. The third kappa shape index (κ3) is 9.61. The first-order valence-electron chi connectivity index (χ1n) is 20.3. The van der Waals surface area contributed by atoms with Gasteiger partial charge in [0.2, 0.25) is 0 Å². The summed E-state index contributed by atoms with van der Waals surface area (Å²) in [5, 5.41) is 60.4. The first kappa shape index (κ1) is 43.7. The summed E-state index contributed by atoms with van der Waals surface area (Å²) in [5.41, 5.74) is 5.04. The van der Waals surface area contributed by atoms with Gasteiger partial charge in [-0.05, 0) is 125 Å². The lowest BCUT2D eigenvalue weighted by molar-refractivity contribution is -0.129. The fraction of sp³-hybridized carbons (Fsp3) is 0.327. The molecule has 0 aliphatic heterocycles. The molecule has 0 spiro atoms. The van der Waals surface area contributed by atoms with E-state index in [0.29, 0.717) is 59.7 Å². The smallest absolute Gasteiger partial charge is 0.186 e. The predicted molar refractivity (Wildman–Crippen MR) is 232 cm³/mol. The lowest BCUT2D eigenvalue weighted by Crippen LogP contribution is -2.44. The first-order chi connectivity index (χ1) is 29.1. The van der Waals surface area contributed by atoms with Crippen LogP contribution in [0.2, 0.25) is 0 Å². The topological polar surface area (TPSA) is 174 Å². The lowest BCUT2D eigenvalue weighted by atomic mass is 9.70. The van der Waals surface area contributed by atoms with Crippen LogP contribution >= 0.6 is 0 Å². The largest absolute Gasteiger partial charge is 0.508 e. The number of hydrogen-bond acceptors (Lipinski definition) is 10. The van der Waals surface area contributed by atoms with Gasteiger partial charge in [-0.3, -0.25) is 4.79 Å². The lowest BCUT2D eigenvalue weighted by Gasteiger charge is -2.34. The van der Waals surface area contributed by atoms with E-state index in [9.17, 15) is 25.5 Å². The highest BCUT2D eigenvalue weighted by Crippen LogP contribution is 2.40. The van der Waals surface area contributed by atoms with E-state index in [1.54, 1.807) is 43.4 Å². The minimum atomic E-state index is -1.59. The SMILES string of the molecule is CCc1ccc2ccccc2c1Cc1c(C[C@H](Cc2cc[nH]c2)[C@H](O)CC(=O)[C@](CO)(Cc2ccc(OCO)c(OC)c2)c2cc(O)cc(CNC)c2)ccc(O)c1OC. The van der Waals surface area contributed by atoms with Crippen LogP contribution in [-0.4, -0.2) is 77.1 Å². The van der Waals surface area contributed by atoms with E-state index < -0.39 is 36.6 Å². The van der Waals surface area contributed by atoms with Crippen molar-refractivity contribution in [2.45, 2.75) is 63.5 Å². The van der Waals surface area contributed by atoms with E-state index in [0.717, 1.165) is 39.4 Å². The van der Waals surface area contributed by atoms with Gasteiger partial charge < -0.3 is 50.0 Å². The molecule has 0 saturated carbocycles. The molecule has 316 valence electrons. The van der Waals surface area contributed by atoms with Crippen LogP contribution < -0.4 is 19.5 Å². The Morgan fingerprint density at radius 2 is 1.63 bits per heavy atom. The van der Waals surface area contributed by atoms with E-state index in [4.69, 9.17) is 14.2 Å². The molecule has 0 aliphatic carbocycles. The summed E-state index contributed by atoms with van der Waals surface area (Å²) in [6.07, 6.45) is 4.22. The number of carbonyl (C=O) groups is 1. The Morgan fingerprint density at radius 3 is 2.33 bits per heavy atom. The molecule has 60 heavy (non-hydrogen) atoms. The number of Topliss-reactive ketones (excluding diaryl/α,β-unsaturated/α-hetero) is 1. The van der Waals surface area contributed by atoms with Gasteiger partial charge in [0.15, 0.2) is 29.8 Å². The molecule has 1 heterocycles. The molecular weight excluding hydrogens is 761 g/mol. The number of aromatic amines is 1. The summed E-state index contributed by atoms with van der Waals surface area (Å²) in [7, 11) is 4.78. The molecule has 11 nitrogen and oxygen atoms in total. The number of hydrogen-bond donors (Lipinski definition) is 7. The fourth-order valence-electron chi connectivity index (χ4n) is 8.55. The molecule has 0 radical (unpaired) electrons. The maximum Gasteiger partial charge on any atom is 0.186 e. The maximum atomic E-state index is 15.1. The number of aromatic hydroxyl groups is 2. The van der Waals surface area contributed by atoms with Crippen molar-refractivity contribution in [3.8, 4) is 28.7 Å². The molecule has 5 aromatic carbocycles. The molecule has 0 bridgehead atoms. The van der Waals surface area contributed by atoms with Gasteiger partial charge in [0.1, 0.15) is 11.5 Å². The second kappa shape index (κ2) is 19.9. The Morgan fingerprint density at radius 1 is 0.833 bits per heavy atom. The Labute approximate surface area is 351 Å². The van der Waals surface area contributed by atoms with Crippen LogP contribution in [0.25, 0.3) is 10.8 Å². The van der Waals surface area contributed by atoms with Crippen LogP contribution in [0.15, 0.2) is 103 Å². The van der Waals surface area contributed by atoms with E-state index in [2.05, 4.69) is 41.5 Å². The number of phenols is 2. The van der Waals surface area contributed by atoms with Crippen LogP contribution in [0, 0.1) is 5.92 Å². The van der Waals surface area contributed by atoms with Crippen LogP contribution in [-0.2, 0) is 48.9 Å². The van der Waals surface area contributed by atoms with Crippen molar-refractivity contribution in [2.24, 2.45) is 5.92 Å². The zero-order valence-electron chi connectivity index (χ0n) is 34.7. The molecule has 6 rings (SSSR count). The minimum Gasteiger partial charge on any atom is -0.508 e. The van der Waals surface area contributed by atoms with Gasteiger partial charge in [-0.1, -0.05) is 61.5 Å². The van der Waals surface area contributed by atoms with Gasteiger partial charge in [-0.2, -0.15) is 0 Å². The molecule has 0 aliphatic rings. The Hall–Kier alpha value is -5.85. The quantitative estimate of drug-likeness (QED) is 0.0388. The maximum absolute atomic E-state index is 15.1. The van der Waals surface area contributed by atoms with Gasteiger partial charge in [0.05, 0.1) is 32.3 Å². The van der Waals surface area contributed by atoms with Crippen molar-refractivity contribution in [3.05, 3.63) is 148 Å². The molecule has 0 saturated heterocycles. The average molecular weight is 817 g/mol. The van der Waals surface area contributed by atoms with E-state index in [1.165, 1.54) is 25.8 Å². The number of carbonyl (C=O) groups excluding carboxylic acids is 1. The second-order valence-corrected chi connectivity index (χ2v) is 15.4. The van der Waals surface area contributed by atoms with Crippen molar-refractivity contribution in [3.63, 3.8) is 0 Å². The fourth-order valence-corrected chi connectivity index (χ4v) is 8.55. The first-order valence-corrected chi connectivity index (χ1v) is 20.3. The van der Waals surface area contributed by atoms with Crippen molar-refractivity contribution in [1.82, 2.24) is 10.3 Å². The highest BCUT2D eigenvalue weighted by Gasteiger charge is 2.42.